The fourth-order valence-corrected chi connectivity index (χ4v) is 3.68. The third-order valence-corrected chi connectivity index (χ3v) is 5.00. The molecule has 4 aromatic rings. The molecule has 1 aliphatic heterocycles. The van der Waals surface area contributed by atoms with E-state index in [1.807, 2.05) is 37.3 Å². The molecule has 0 N–H and O–H groups in total. The Balaban J connectivity index is 1.69. The highest BCUT2D eigenvalue weighted by Crippen LogP contribution is 2.42. The average molecular weight is 354 g/mol. The maximum absolute atomic E-state index is 6.20. The van der Waals surface area contributed by atoms with Gasteiger partial charge in [0, 0.05) is 23.1 Å². The minimum atomic E-state index is 0.649. The highest BCUT2D eigenvalue weighted by atomic mass is 16.5. The van der Waals surface area contributed by atoms with Gasteiger partial charge < -0.3 is 9.47 Å². The molecular weight excluding hydrogens is 336 g/mol. The zero-order chi connectivity index (χ0) is 18.4. The number of rotatable bonds is 2. The molecule has 4 heteroatoms. The van der Waals surface area contributed by atoms with E-state index in [0.717, 1.165) is 34.7 Å². The average Bonchev–Trinajstić information content (AvgIpc) is 2.72. The second kappa shape index (κ2) is 6.09. The molecule has 0 fully saturated rings. The monoisotopic (exact) mass is 354 g/mol. The summed E-state index contributed by atoms with van der Waals surface area (Å²) in [5.41, 5.74) is 4.15. The van der Waals surface area contributed by atoms with Crippen LogP contribution in [0, 0.1) is 6.92 Å². The Bertz CT molecular complexity index is 1170. The lowest BCUT2D eigenvalue weighted by molar-refractivity contribution is 0.415. The van der Waals surface area contributed by atoms with Crippen molar-refractivity contribution in [3.05, 3.63) is 77.6 Å². The van der Waals surface area contributed by atoms with Crippen LogP contribution >= 0.6 is 0 Å². The zero-order valence-corrected chi connectivity index (χ0v) is 15.2. The standard InChI is InChI=1S/C23H18N2O2/c1-14-24-22(16-7-10-17(26-2)11-8-16)20-13-19-18-6-4-3-5-15(18)9-12-21(19)27-23(20)25-14/h3-12H,13H2,1-2H3. The molecule has 0 aliphatic carbocycles. The normalized spacial score (nSPS) is 12.2. The van der Waals surface area contributed by atoms with E-state index in [0.29, 0.717) is 11.7 Å². The number of aromatic nitrogens is 2. The highest BCUT2D eigenvalue weighted by Gasteiger charge is 2.25. The molecule has 2 heterocycles. The largest absolute Gasteiger partial charge is 0.497 e. The van der Waals surface area contributed by atoms with E-state index in [1.165, 1.54) is 16.3 Å². The number of hydrogen-bond acceptors (Lipinski definition) is 4. The van der Waals surface area contributed by atoms with Crippen LogP contribution in [0.25, 0.3) is 22.0 Å². The van der Waals surface area contributed by atoms with Gasteiger partial charge in [-0.05, 0) is 48.0 Å². The molecule has 0 unspecified atom stereocenters. The zero-order valence-electron chi connectivity index (χ0n) is 15.2. The molecule has 0 bridgehead atoms. The molecule has 3 aromatic carbocycles. The van der Waals surface area contributed by atoms with Gasteiger partial charge in [-0.2, -0.15) is 4.98 Å². The lowest BCUT2D eigenvalue weighted by atomic mass is 9.93. The molecule has 0 radical (unpaired) electrons. The molecule has 0 saturated carbocycles. The Labute approximate surface area is 157 Å². The van der Waals surface area contributed by atoms with Gasteiger partial charge >= 0.3 is 0 Å². The van der Waals surface area contributed by atoms with E-state index in [2.05, 4.69) is 35.3 Å². The second-order valence-corrected chi connectivity index (χ2v) is 6.67. The van der Waals surface area contributed by atoms with E-state index in [-0.39, 0.29) is 0 Å². The number of ether oxygens (including phenoxy) is 2. The summed E-state index contributed by atoms with van der Waals surface area (Å²) in [6, 6.07) is 20.5. The van der Waals surface area contributed by atoms with Crippen molar-refractivity contribution in [2.75, 3.05) is 7.11 Å². The van der Waals surface area contributed by atoms with Crippen LogP contribution < -0.4 is 9.47 Å². The first-order valence-electron chi connectivity index (χ1n) is 8.93. The van der Waals surface area contributed by atoms with Crippen LogP contribution in [-0.2, 0) is 6.42 Å². The molecule has 5 rings (SSSR count). The first-order chi connectivity index (χ1) is 13.2. The quantitative estimate of drug-likeness (QED) is 0.431. The van der Waals surface area contributed by atoms with Crippen LogP contribution in [0.2, 0.25) is 0 Å². The number of fused-ring (bicyclic) bond motifs is 4. The van der Waals surface area contributed by atoms with Crippen molar-refractivity contribution in [3.8, 4) is 28.6 Å². The van der Waals surface area contributed by atoms with Crippen molar-refractivity contribution >= 4 is 10.8 Å². The van der Waals surface area contributed by atoms with Crippen molar-refractivity contribution in [1.29, 1.82) is 0 Å². The summed E-state index contributed by atoms with van der Waals surface area (Å²) < 4.78 is 11.5. The Morgan fingerprint density at radius 3 is 2.52 bits per heavy atom. The number of nitrogens with zero attached hydrogens (tertiary/aromatic N) is 2. The molecule has 0 amide bonds. The topological polar surface area (TPSA) is 44.2 Å². The molecule has 0 spiro atoms. The van der Waals surface area contributed by atoms with E-state index < -0.39 is 0 Å². The van der Waals surface area contributed by atoms with Crippen molar-refractivity contribution in [3.63, 3.8) is 0 Å². The Morgan fingerprint density at radius 2 is 1.70 bits per heavy atom. The summed E-state index contributed by atoms with van der Waals surface area (Å²) in [6.45, 7) is 1.90. The van der Waals surface area contributed by atoms with Gasteiger partial charge in [-0.25, -0.2) is 4.98 Å². The number of aryl methyl sites for hydroxylation is 1. The maximum Gasteiger partial charge on any atom is 0.226 e. The van der Waals surface area contributed by atoms with Gasteiger partial charge in [-0.1, -0.05) is 30.3 Å². The number of hydrogen-bond donors (Lipinski definition) is 0. The van der Waals surface area contributed by atoms with Crippen LogP contribution in [0.1, 0.15) is 17.0 Å². The SMILES string of the molecule is COc1ccc(-c2nc(C)nc3c2Cc2c(ccc4ccccc24)O3)cc1. The second-order valence-electron chi connectivity index (χ2n) is 6.67. The summed E-state index contributed by atoms with van der Waals surface area (Å²) in [6.07, 6.45) is 0.744. The van der Waals surface area contributed by atoms with Gasteiger partial charge in [0.2, 0.25) is 5.88 Å². The minimum absolute atomic E-state index is 0.649. The summed E-state index contributed by atoms with van der Waals surface area (Å²) >= 11 is 0. The number of methoxy groups -OCH3 is 1. The molecule has 4 nitrogen and oxygen atoms in total. The summed E-state index contributed by atoms with van der Waals surface area (Å²) in [5, 5.41) is 2.42. The van der Waals surface area contributed by atoms with E-state index >= 15 is 0 Å². The number of benzene rings is 3. The first kappa shape index (κ1) is 15.8. The molecule has 1 aromatic heterocycles. The highest BCUT2D eigenvalue weighted by molar-refractivity contribution is 5.89. The van der Waals surface area contributed by atoms with Crippen molar-refractivity contribution in [2.24, 2.45) is 0 Å². The van der Waals surface area contributed by atoms with E-state index in [1.54, 1.807) is 7.11 Å². The summed E-state index contributed by atoms with van der Waals surface area (Å²) in [5.74, 6) is 3.05. The predicted molar refractivity (Wildman–Crippen MR) is 106 cm³/mol. The Kier molecular flexibility index (Phi) is 3.57. The summed E-state index contributed by atoms with van der Waals surface area (Å²) in [7, 11) is 1.67. The fourth-order valence-electron chi connectivity index (χ4n) is 3.68. The van der Waals surface area contributed by atoms with Crippen LogP contribution in [0.3, 0.4) is 0 Å². The smallest absolute Gasteiger partial charge is 0.226 e. The van der Waals surface area contributed by atoms with Crippen molar-refractivity contribution in [2.45, 2.75) is 13.3 Å². The third kappa shape index (κ3) is 2.61. The minimum Gasteiger partial charge on any atom is -0.497 e. The molecule has 27 heavy (non-hydrogen) atoms. The van der Waals surface area contributed by atoms with Gasteiger partial charge in [0.15, 0.2) is 0 Å². The Morgan fingerprint density at radius 1 is 0.889 bits per heavy atom. The maximum atomic E-state index is 6.20. The molecule has 132 valence electrons. The van der Waals surface area contributed by atoms with Gasteiger partial charge in [0.05, 0.1) is 12.8 Å². The molecule has 0 saturated heterocycles. The lowest BCUT2D eigenvalue weighted by Gasteiger charge is -2.23. The van der Waals surface area contributed by atoms with Crippen molar-refractivity contribution < 1.29 is 9.47 Å². The first-order valence-corrected chi connectivity index (χ1v) is 8.93. The van der Waals surface area contributed by atoms with Crippen LogP contribution in [0.5, 0.6) is 17.4 Å². The van der Waals surface area contributed by atoms with Gasteiger partial charge in [0.25, 0.3) is 0 Å². The van der Waals surface area contributed by atoms with Crippen LogP contribution in [0.4, 0.5) is 0 Å². The van der Waals surface area contributed by atoms with Crippen molar-refractivity contribution in [1.82, 2.24) is 9.97 Å². The van der Waals surface area contributed by atoms with Crippen LogP contribution in [0.15, 0.2) is 60.7 Å². The predicted octanol–water partition coefficient (Wildman–Crippen LogP) is 5.31. The van der Waals surface area contributed by atoms with E-state index in [9.17, 15) is 0 Å². The van der Waals surface area contributed by atoms with E-state index in [4.69, 9.17) is 14.5 Å². The lowest BCUT2D eigenvalue weighted by Crippen LogP contribution is -2.10. The fraction of sp³-hybridized carbons (Fsp3) is 0.130. The van der Waals surface area contributed by atoms with Gasteiger partial charge in [-0.3, -0.25) is 0 Å². The molecule has 1 aliphatic rings. The van der Waals surface area contributed by atoms with Gasteiger partial charge in [0.1, 0.15) is 17.3 Å². The summed E-state index contributed by atoms with van der Waals surface area (Å²) in [4.78, 5) is 9.29. The Hall–Kier alpha value is -3.40. The van der Waals surface area contributed by atoms with Crippen LogP contribution in [-0.4, -0.2) is 17.1 Å². The van der Waals surface area contributed by atoms with Gasteiger partial charge in [-0.15, -0.1) is 0 Å². The molecular formula is C23H18N2O2. The molecule has 0 atom stereocenters. The third-order valence-electron chi connectivity index (χ3n) is 5.00.